The van der Waals surface area contributed by atoms with Crippen molar-refractivity contribution in [2.75, 3.05) is 13.7 Å². The predicted molar refractivity (Wildman–Crippen MR) is 131 cm³/mol. The molecule has 4 aliphatic carbocycles. The minimum absolute atomic E-state index is 0.256. The summed E-state index contributed by atoms with van der Waals surface area (Å²) in [4.78, 5) is 0. The van der Waals surface area contributed by atoms with Crippen LogP contribution in [0.3, 0.4) is 0 Å². The van der Waals surface area contributed by atoms with Crippen molar-refractivity contribution in [1.82, 2.24) is 0 Å². The molecule has 0 amide bonds. The van der Waals surface area contributed by atoms with Crippen LogP contribution in [-0.2, 0) is 14.2 Å². The van der Waals surface area contributed by atoms with Crippen LogP contribution in [0.5, 0.6) is 0 Å². The van der Waals surface area contributed by atoms with Gasteiger partial charge in [0.2, 0.25) is 5.79 Å². The lowest BCUT2D eigenvalue weighted by Crippen LogP contribution is -2.80. The molecule has 0 unspecified atom stereocenters. The van der Waals surface area contributed by atoms with E-state index < -0.39 is 95.6 Å². The van der Waals surface area contributed by atoms with E-state index in [-0.39, 0.29) is 12.3 Å². The summed E-state index contributed by atoms with van der Waals surface area (Å²) >= 11 is 0. The maximum absolute atomic E-state index is 12.1. The van der Waals surface area contributed by atoms with Crippen LogP contribution in [0.15, 0.2) is 12.2 Å². The van der Waals surface area contributed by atoms with Gasteiger partial charge in [0.05, 0.1) is 30.3 Å². The van der Waals surface area contributed by atoms with Crippen molar-refractivity contribution in [3.63, 3.8) is 0 Å². The van der Waals surface area contributed by atoms with Gasteiger partial charge in [0.25, 0.3) is 0 Å². The van der Waals surface area contributed by atoms with Crippen LogP contribution >= 0.6 is 0 Å². The molecular formula is C27H44O11. The second-order valence-corrected chi connectivity index (χ2v) is 13.2. The predicted octanol–water partition coefficient (Wildman–Crippen LogP) is -1.37. The summed E-state index contributed by atoms with van der Waals surface area (Å²) in [5.41, 5.74) is -2.65. The molecule has 1 heterocycles. The Hall–Kier alpha value is -0.700. The number of fused-ring (bicyclic) bond motifs is 3. The third-order valence-electron chi connectivity index (χ3n) is 11.2. The first-order valence-electron chi connectivity index (χ1n) is 13.6. The first-order valence-corrected chi connectivity index (χ1v) is 13.6. The standard InChI is InChI=1S/C27H44O11/c1-11-12-8-13(29)19-25(4)15(38-23-18(32)17(31)16(30)14(10-28)37-23)6-7-24(2,3)20(25)22(34)27(35,36-5)26(19,9-12)21(11)33/h12-23,28-35H,1,6-10H2,2-5H3/t12-,13+,14-,15-,16-,17+,18-,19+,20-,21-,22+,23+,25+,26+,27-/m1/s1. The zero-order chi connectivity index (χ0) is 28.2. The lowest BCUT2D eigenvalue weighted by molar-refractivity contribution is -0.422. The van der Waals surface area contributed by atoms with Crippen LogP contribution in [0.1, 0.15) is 46.5 Å². The summed E-state index contributed by atoms with van der Waals surface area (Å²) in [6.07, 6.45) is -10.3. The van der Waals surface area contributed by atoms with Gasteiger partial charge in [0, 0.05) is 24.4 Å². The lowest BCUT2D eigenvalue weighted by atomic mass is 9.37. The first-order chi connectivity index (χ1) is 17.6. The Morgan fingerprint density at radius 3 is 2.26 bits per heavy atom. The topological polar surface area (TPSA) is 190 Å². The van der Waals surface area contributed by atoms with Gasteiger partial charge in [-0.15, -0.1) is 0 Å². The summed E-state index contributed by atoms with van der Waals surface area (Å²) < 4.78 is 17.7. The van der Waals surface area contributed by atoms with E-state index in [4.69, 9.17) is 14.2 Å². The summed E-state index contributed by atoms with van der Waals surface area (Å²) in [6.45, 7) is 9.27. The van der Waals surface area contributed by atoms with Gasteiger partial charge >= 0.3 is 0 Å². The van der Waals surface area contributed by atoms with Crippen LogP contribution < -0.4 is 0 Å². The average Bonchev–Trinajstić information content (AvgIpc) is 3.05. The maximum atomic E-state index is 12.1. The molecule has 38 heavy (non-hydrogen) atoms. The fraction of sp³-hybridized carbons (Fsp3) is 0.926. The maximum Gasteiger partial charge on any atom is 0.201 e. The molecule has 0 aromatic rings. The molecule has 218 valence electrons. The van der Waals surface area contributed by atoms with E-state index in [1.54, 1.807) is 0 Å². The zero-order valence-corrected chi connectivity index (χ0v) is 22.5. The van der Waals surface area contributed by atoms with E-state index in [0.717, 1.165) is 0 Å². The highest BCUT2D eigenvalue weighted by Gasteiger charge is 2.81. The molecule has 8 N–H and O–H groups in total. The van der Waals surface area contributed by atoms with Crippen molar-refractivity contribution in [2.45, 2.75) is 107 Å². The van der Waals surface area contributed by atoms with Crippen molar-refractivity contribution >= 4 is 0 Å². The van der Waals surface area contributed by atoms with Crippen molar-refractivity contribution in [2.24, 2.45) is 34.0 Å². The van der Waals surface area contributed by atoms with Crippen LogP contribution in [0.25, 0.3) is 0 Å². The SMILES string of the molecule is C=C1[C@@H]2C[C@H](O)[C@H]3[C@@]4(C)[C@H]([C@H](O)[C@@](O)(OC)[C@]3(C2)[C@@H]1O)C(C)(C)CC[C@H]4O[C@@H]1O[C@H](CO)[C@@H](O)[C@H](O)[C@H]1O. The van der Waals surface area contributed by atoms with Gasteiger partial charge in [-0.2, -0.15) is 0 Å². The third-order valence-corrected chi connectivity index (χ3v) is 11.2. The first kappa shape index (κ1) is 28.8. The van der Waals surface area contributed by atoms with Crippen molar-refractivity contribution in [3.05, 3.63) is 12.2 Å². The number of ether oxygens (including phenoxy) is 3. The lowest BCUT2D eigenvalue weighted by Gasteiger charge is -2.71. The molecule has 2 bridgehead atoms. The largest absolute Gasteiger partial charge is 0.394 e. The number of aliphatic hydroxyl groups is 8. The number of aliphatic hydroxyl groups excluding tert-OH is 7. The van der Waals surface area contributed by atoms with Crippen molar-refractivity contribution in [1.29, 1.82) is 0 Å². The molecule has 1 aliphatic heterocycles. The summed E-state index contributed by atoms with van der Waals surface area (Å²) in [5.74, 6) is -3.96. The quantitative estimate of drug-likeness (QED) is 0.154. The molecule has 11 heteroatoms. The Bertz CT molecular complexity index is 942. The van der Waals surface area contributed by atoms with E-state index in [9.17, 15) is 40.9 Å². The second-order valence-electron chi connectivity index (χ2n) is 13.2. The summed E-state index contributed by atoms with van der Waals surface area (Å²) in [7, 11) is 1.29. The van der Waals surface area contributed by atoms with Gasteiger partial charge in [-0.05, 0) is 42.6 Å². The normalized spacial score (nSPS) is 57.8. The minimum Gasteiger partial charge on any atom is -0.394 e. The molecule has 0 aromatic carbocycles. The van der Waals surface area contributed by atoms with E-state index >= 15 is 0 Å². The van der Waals surface area contributed by atoms with Gasteiger partial charge in [-0.1, -0.05) is 27.4 Å². The highest BCUT2D eigenvalue weighted by Crippen LogP contribution is 2.75. The Balaban J connectivity index is 1.64. The smallest absolute Gasteiger partial charge is 0.201 e. The average molecular weight is 545 g/mol. The summed E-state index contributed by atoms with van der Waals surface area (Å²) in [5, 5.41) is 88.3. The van der Waals surface area contributed by atoms with Gasteiger partial charge in [0.15, 0.2) is 6.29 Å². The van der Waals surface area contributed by atoms with Gasteiger partial charge in [-0.25, -0.2) is 0 Å². The highest BCUT2D eigenvalue weighted by molar-refractivity contribution is 5.34. The molecular weight excluding hydrogens is 500 g/mol. The second kappa shape index (κ2) is 9.15. The fourth-order valence-corrected chi connectivity index (χ4v) is 9.58. The summed E-state index contributed by atoms with van der Waals surface area (Å²) in [6, 6.07) is 0. The van der Waals surface area contributed by atoms with E-state index in [1.807, 2.05) is 20.8 Å². The molecule has 15 atom stereocenters. The molecule has 11 nitrogen and oxygen atoms in total. The van der Waals surface area contributed by atoms with Crippen molar-refractivity contribution in [3.8, 4) is 0 Å². The fourth-order valence-electron chi connectivity index (χ4n) is 9.58. The monoisotopic (exact) mass is 544 g/mol. The van der Waals surface area contributed by atoms with Crippen molar-refractivity contribution < 1.29 is 55.1 Å². The highest BCUT2D eigenvalue weighted by atomic mass is 16.7. The van der Waals surface area contributed by atoms with E-state index in [0.29, 0.717) is 24.8 Å². The molecule has 4 saturated carbocycles. The molecule has 1 spiro atoms. The molecule has 5 aliphatic rings. The molecule has 5 rings (SSSR count). The van der Waals surface area contributed by atoms with Crippen LogP contribution in [-0.4, -0.2) is 115 Å². The molecule has 0 radical (unpaired) electrons. The van der Waals surface area contributed by atoms with Crippen LogP contribution in [0.4, 0.5) is 0 Å². The molecule has 5 fully saturated rings. The number of methoxy groups -OCH3 is 1. The zero-order valence-electron chi connectivity index (χ0n) is 22.5. The Labute approximate surface area is 222 Å². The van der Waals surface area contributed by atoms with Gasteiger partial charge < -0.3 is 55.1 Å². The Kier molecular flexibility index (Phi) is 6.94. The van der Waals surface area contributed by atoms with Crippen LogP contribution in [0, 0.1) is 34.0 Å². The number of hydrogen-bond acceptors (Lipinski definition) is 11. The third kappa shape index (κ3) is 3.41. The van der Waals surface area contributed by atoms with E-state index in [1.165, 1.54) is 7.11 Å². The van der Waals surface area contributed by atoms with Gasteiger partial charge in [-0.3, -0.25) is 0 Å². The number of rotatable bonds is 4. The Morgan fingerprint density at radius 1 is 1.00 bits per heavy atom. The minimum atomic E-state index is -2.19. The number of hydrogen-bond donors (Lipinski definition) is 8. The van der Waals surface area contributed by atoms with E-state index in [2.05, 4.69) is 6.58 Å². The van der Waals surface area contributed by atoms with Gasteiger partial charge in [0.1, 0.15) is 30.5 Å². The molecule has 1 saturated heterocycles. The molecule has 0 aromatic heterocycles. The van der Waals surface area contributed by atoms with Crippen LogP contribution in [0.2, 0.25) is 0 Å². The Morgan fingerprint density at radius 2 is 1.66 bits per heavy atom.